The molecule has 1 aromatic heterocycles. The molecule has 1 heterocycles. The van der Waals surface area contributed by atoms with Crippen molar-refractivity contribution < 1.29 is 19.0 Å². The van der Waals surface area contributed by atoms with Gasteiger partial charge in [-0.05, 0) is 78.2 Å². The van der Waals surface area contributed by atoms with Gasteiger partial charge in [0.1, 0.15) is 23.0 Å². The van der Waals surface area contributed by atoms with Gasteiger partial charge in [-0.15, -0.1) is 0 Å². The normalized spacial score (nSPS) is 24.6. The van der Waals surface area contributed by atoms with E-state index in [0.29, 0.717) is 17.9 Å². The summed E-state index contributed by atoms with van der Waals surface area (Å²) in [6.45, 7) is 12.0. The predicted octanol–water partition coefficient (Wildman–Crippen LogP) is 5.96. The van der Waals surface area contributed by atoms with E-state index in [1.54, 1.807) is 26.8 Å². The van der Waals surface area contributed by atoms with Crippen LogP contribution in [0.5, 0.6) is 0 Å². The molecule has 2 unspecified atom stereocenters. The van der Waals surface area contributed by atoms with Crippen LogP contribution in [-0.2, 0) is 14.2 Å². The summed E-state index contributed by atoms with van der Waals surface area (Å²) in [6, 6.07) is 3.78. The largest absolute Gasteiger partial charge is 0.514 e. The van der Waals surface area contributed by atoms with Gasteiger partial charge in [0.25, 0.3) is 0 Å². The van der Waals surface area contributed by atoms with E-state index in [9.17, 15) is 10.1 Å². The second-order valence-corrected chi connectivity index (χ2v) is 10.4. The third-order valence-corrected chi connectivity index (χ3v) is 7.07. The standard InChI is InChI=1S/C24H31BrN2O4/c1-16-11-18(12-26)13-27(16)20-17(2)19(30-21(28)31-22(3,4)5)7-8-23(20,6)29-15-24(14-25)9-10-24/h7-8,11,13,20H,9-10,14-15H2,1-6H3. The minimum Gasteiger partial charge on any atom is -0.428 e. The Bertz CT molecular complexity index is 959. The van der Waals surface area contributed by atoms with Gasteiger partial charge >= 0.3 is 6.16 Å². The van der Waals surface area contributed by atoms with Crippen LogP contribution in [0.1, 0.15) is 64.8 Å². The zero-order chi connectivity index (χ0) is 23.0. The molecule has 6 nitrogen and oxygen atoms in total. The zero-order valence-corrected chi connectivity index (χ0v) is 20.7. The van der Waals surface area contributed by atoms with Gasteiger partial charge in [0.15, 0.2) is 0 Å². The van der Waals surface area contributed by atoms with E-state index >= 15 is 0 Å². The van der Waals surface area contributed by atoms with E-state index in [-0.39, 0.29) is 11.5 Å². The van der Waals surface area contributed by atoms with Crippen molar-refractivity contribution in [1.29, 1.82) is 5.26 Å². The first-order valence-corrected chi connectivity index (χ1v) is 11.6. The number of carbonyl (C=O) groups is 1. The molecule has 0 aromatic carbocycles. The number of nitrogens with zero attached hydrogens (tertiary/aromatic N) is 2. The van der Waals surface area contributed by atoms with Gasteiger partial charge in [-0.25, -0.2) is 4.79 Å². The van der Waals surface area contributed by atoms with E-state index in [2.05, 4.69) is 22.0 Å². The average Bonchev–Trinajstić information content (AvgIpc) is 3.38. The average molecular weight is 491 g/mol. The van der Waals surface area contributed by atoms with Gasteiger partial charge in [-0.3, -0.25) is 0 Å². The summed E-state index contributed by atoms with van der Waals surface area (Å²) >= 11 is 3.61. The smallest absolute Gasteiger partial charge is 0.428 e. The number of hydrogen-bond donors (Lipinski definition) is 0. The molecule has 2 atom stereocenters. The van der Waals surface area contributed by atoms with E-state index in [4.69, 9.17) is 14.2 Å². The molecule has 3 rings (SSSR count). The van der Waals surface area contributed by atoms with Crippen LogP contribution < -0.4 is 0 Å². The lowest BCUT2D eigenvalue weighted by Crippen LogP contribution is -2.42. The van der Waals surface area contributed by atoms with Crippen molar-refractivity contribution >= 4 is 22.1 Å². The molecule has 0 amide bonds. The molecule has 0 radical (unpaired) electrons. The first kappa shape index (κ1) is 23.6. The summed E-state index contributed by atoms with van der Waals surface area (Å²) < 4.78 is 19.5. The van der Waals surface area contributed by atoms with E-state index in [0.717, 1.165) is 29.4 Å². The number of ether oxygens (including phenoxy) is 3. The molecule has 0 bridgehead atoms. The van der Waals surface area contributed by atoms with Crippen LogP contribution in [0.3, 0.4) is 0 Å². The molecule has 0 aliphatic heterocycles. The van der Waals surface area contributed by atoms with E-state index in [1.807, 2.05) is 43.7 Å². The number of allylic oxidation sites excluding steroid dienone is 1. The highest BCUT2D eigenvalue weighted by atomic mass is 79.9. The number of aromatic nitrogens is 1. The molecule has 0 spiro atoms. The maximum Gasteiger partial charge on any atom is 0.514 e. The summed E-state index contributed by atoms with van der Waals surface area (Å²) in [7, 11) is 0. The van der Waals surface area contributed by atoms with Gasteiger partial charge in [-0.2, -0.15) is 5.26 Å². The molecular weight excluding hydrogens is 460 g/mol. The molecule has 0 saturated heterocycles. The van der Waals surface area contributed by atoms with Crippen molar-refractivity contribution in [1.82, 2.24) is 4.57 Å². The number of aryl methyl sites for hydroxylation is 1. The minimum absolute atomic E-state index is 0.190. The summed E-state index contributed by atoms with van der Waals surface area (Å²) in [5.41, 5.74) is 1.23. The highest BCUT2D eigenvalue weighted by Crippen LogP contribution is 2.49. The summed E-state index contributed by atoms with van der Waals surface area (Å²) in [6.07, 6.45) is 7.10. The molecule has 2 aliphatic carbocycles. The van der Waals surface area contributed by atoms with Crippen molar-refractivity contribution in [3.05, 3.63) is 47.0 Å². The number of halogens is 1. The molecule has 0 N–H and O–H groups in total. The third kappa shape index (κ3) is 5.24. The first-order chi connectivity index (χ1) is 14.4. The monoisotopic (exact) mass is 490 g/mol. The summed E-state index contributed by atoms with van der Waals surface area (Å²) in [4.78, 5) is 12.3. The summed E-state index contributed by atoms with van der Waals surface area (Å²) in [5, 5.41) is 10.3. The van der Waals surface area contributed by atoms with Crippen LogP contribution in [0, 0.1) is 23.7 Å². The number of rotatable bonds is 6. The molecule has 7 heteroatoms. The van der Waals surface area contributed by atoms with Crippen LogP contribution >= 0.6 is 15.9 Å². The van der Waals surface area contributed by atoms with Crippen molar-refractivity contribution in [3.63, 3.8) is 0 Å². The van der Waals surface area contributed by atoms with Crippen LogP contribution in [0.4, 0.5) is 4.79 Å². The molecule has 1 saturated carbocycles. The first-order valence-electron chi connectivity index (χ1n) is 10.5. The van der Waals surface area contributed by atoms with Gasteiger partial charge < -0.3 is 18.8 Å². The maximum absolute atomic E-state index is 12.3. The summed E-state index contributed by atoms with van der Waals surface area (Å²) in [5.74, 6) is 0.438. The number of alkyl halides is 1. The minimum atomic E-state index is -0.743. The Hall–Kier alpha value is -2.04. The molecule has 1 aromatic rings. The fourth-order valence-corrected chi connectivity index (χ4v) is 4.57. The Labute approximate surface area is 193 Å². The fraction of sp³-hybridized carbons (Fsp3) is 0.583. The Balaban J connectivity index is 1.95. The molecule has 1 fully saturated rings. The Morgan fingerprint density at radius 3 is 2.55 bits per heavy atom. The van der Waals surface area contributed by atoms with Crippen molar-refractivity contribution in [2.75, 3.05) is 11.9 Å². The van der Waals surface area contributed by atoms with Gasteiger partial charge in [0.05, 0.1) is 18.2 Å². The van der Waals surface area contributed by atoms with Gasteiger partial charge in [-0.1, -0.05) is 15.9 Å². The maximum atomic E-state index is 12.3. The van der Waals surface area contributed by atoms with Crippen molar-refractivity contribution in [2.24, 2.45) is 5.41 Å². The molecule has 31 heavy (non-hydrogen) atoms. The quantitative estimate of drug-likeness (QED) is 0.363. The van der Waals surface area contributed by atoms with Gasteiger partial charge in [0.2, 0.25) is 0 Å². The van der Waals surface area contributed by atoms with Crippen molar-refractivity contribution in [2.45, 2.75) is 71.6 Å². The Morgan fingerprint density at radius 1 is 1.35 bits per heavy atom. The predicted molar refractivity (Wildman–Crippen MR) is 122 cm³/mol. The highest BCUT2D eigenvalue weighted by Gasteiger charge is 2.46. The van der Waals surface area contributed by atoms with Crippen LogP contribution in [0.25, 0.3) is 0 Å². The Kier molecular flexibility index (Phi) is 6.46. The molecule has 168 valence electrons. The molecular formula is C24H31BrN2O4. The number of carbonyl (C=O) groups excluding carboxylic acids is 1. The SMILES string of the molecule is CC1=C(OC(=O)OC(C)(C)C)C=CC(C)(OCC2(CBr)CC2)C1n1cc(C#N)cc1C. The lowest BCUT2D eigenvalue weighted by molar-refractivity contribution is -0.0450. The number of hydrogen-bond acceptors (Lipinski definition) is 5. The number of nitriles is 1. The van der Waals surface area contributed by atoms with Crippen LogP contribution in [0.2, 0.25) is 0 Å². The van der Waals surface area contributed by atoms with Crippen molar-refractivity contribution in [3.8, 4) is 6.07 Å². The van der Waals surface area contributed by atoms with E-state index in [1.165, 1.54) is 0 Å². The van der Waals surface area contributed by atoms with Crippen LogP contribution in [0.15, 0.2) is 35.7 Å². The third-order valence-electron chi connectivity index (χ3n) is 5.88. The highest BCUT2D eigenvalue weighted by molar-refractivity contribution is 9.09. The fourth-order valence-electron chi connectivity index (χ4n) is 3.85. The second kappa shape index (κ2) is 8.48. The lowest BCUT2D eigenvalue weighted by Gasteiger charge is -2.41. The topological polar surface area (TPSA) is 73.5 Å². The lowest BCUT2D eigenvalue weighted by atomic mass is 9.84. The second-order valence-electron chi connectivity index (χ2n) is 9.85. The molecule has 2 aliphatic rings. The Morgan fingerprint density at radius 2 is 2.03 bits per heavy atom. The van der Waals surface area contributed by atoms with Gasteiger partial charge in [0, 0.05) is 22.6 Å². The van der Waals surface area contributed by atoms with Crippen LogP contribution in [-0.4, -0.2) is 33.9 Å². The van der Waals surface area contributed by atoms with E-state index < -0.39 is 17.4 Å². The zero-order valence-electron chi connectivity index (χ0n) is 19.1.